The molecule has 0 saturated heterocycles. The molecule has 20 heavy (non-hydrogen) atoms. The Bertz CT molecular complexity index is 657. The van der Waals surface area contributed by atoms with Crippen molar-refractivity contribution in [2.45, 2.75) is 12.8 Å². The molecule has 0 aliphatic rings. The monoisotopic (exact) mass is 301 g/mol. The summed E-state index contributed by atoms with van der Waals surface area (Å²) in [5, 5.41) is 11.1. The number of pyridine rings is 1. The number of amides is 1. The molecule has 0 bridgehead atoms. The van der Waals surface area contributed by atoms with E-state index in [2.05, 4.69) is 10.3 Å². The summed E-state index contributed by atoms with van der Waals surface area (Å²) >= 11 is 1.05. The predicted octanol–water partition coefficient (Wildman–Crippen LogP) is 1.54. The van der Waals surface area contributed by atoms with Gasteiger partial charge in [0, 0.05) is 11.1 Å². The van der Waals surface area contributed by atoms with Crippen molar-refractivity contribution in [2.75, 3.05) is 18.9 Å². The Kier molecular flexibility index (Phi) is 3.87. The Hall–Kier alpha value is -1.80. The molecule has 4 N–H and O–H groups in total. The van der Waals surface area contributed by atoms with E-state index in [-0.39, 0.29) is 10.6 Å². The molecule has 0 spiro atoms. The number of fused-ring (bicyclic) bond motifs is 1. The van der Waals surface area contributed by atoms with Crippen LogP contribution in [-0.4, -0.2) is 35.1 Å². The number of alkyl halides is 2. The molecule has 0 fully saturated rings. The summed E-state index contributed by atoms with van der Waals surface area (Å²) in [6.45, 7) is -0.463. The van der Waals surface area contributed by atoms with Gasteiger partial charge in [-0.3, -0.25) is 4.79 Å². The molecule has 2 rings (SSSR count). The zero-order chi connectivity index (χ0) is 14.9. The lowest BCUT2D eigenvalue weighted by atomic mass is 10.2. The number of anilines is 1. The van der Waals surface area contributed by atoms with Gasteiger partial charge in [-0.1, -0.05) is 0 Å². The number of hydrogen-bond acceptors (Lipinski definition) is 5. The Balaban J connectivity index is 2.24. The summed E-state index contributed by atoms with van der Waals surface area (Å²) in [5.74, 6) is -4.05. The van der Waals surface area contributed by atoms with Gasteiger partial charge in [0.1, 0.15) is 16.3 Å². The van der Waals surface area contributed by atoms with Crippen molar-refractivity contribution in [3.8, 4) is 0 Å². The Morgan fingerprint density at radius 2 is 2.25 bits per heavy atom. The van der Waals surface area contributed by atoms with E-state index in [0.717, 1.165) is 17.0 Å². The summed E-state index contributed by atoms with van der Waals surface area (Å²) in [6, 6.07) is 3.50. The fourth-order valence-electron chi connectivity index (χ4n) is 1.60. The average molecular weight is 301 g/mol. The van der Waals surface area contributed by atoms with Gasteiger partial charge in [-0.25, -0.2) is 13.8 Å². The quantitative estimate of drug-likeness (QED) is 0.799. The van der Waals surface area contributed by atoms with Gasteiger partial charge in [-0.2, -0.15) is 0 Å². The highest BCUT2D eigenvalue weighted by molar-refractivity contribution is 7.21. The maximum absolute atomic E-state index is 12.9. The van der Waals surface area contributed by atoms with Gasteiger partial charge >= 0.3 is 0 Å². The minimum Gasteiger partial charge on any atom is -0.397 e. The highest BCUT2D eigenvalue weighted by Crippen LogP contribution is 2.32. The molecule has 0 saturated carbocycles. The van der Waals surface area contributed by atoms with Crippen molar-refractivity contribution >= 4 is 33.1 Å². The lowest BCUT2D eigenvalue weighted by molar-refractivity contribution is -0.0461. The fourth-order valence-corrected chi connectivity index (χ4v) is 2.66. The summed E-state index contributed by atoms with van der Waals surface area (Å²) in [4.78, 5) is 16.8. The number of hydrogen-bond donors (Lipinski definition) is 3. The number of thiophene rings is 1. The van der Waals surface area contributed by atoms with E-state index in [1.807, 2.05) is 0 Å². The second-order valence-corrected chi connectivity index (χ2v) is 5.35. The van der Waals surface area contributed by atoms with E-state index in [9.17, 15) is 13.6 Å². The number of rotatable bonds is 4. The van der Waals surface area contributed by atoms with Crippen LogP contribution in [0.25, 0.3) is 10.2 Å². The van der Waals surface area contributed by atoms with Crippen LogP contribution < -0.4 is 11.1 Å². The summed E-state index contributed by atoms with van der Waals surface area (Å²) in [6.07, 6.45) is 0. The van der Waals surface area contributed by atoms with Crippen LogP contribution in [0.2, 0.25) is 0 Å². The maximum Gasteiger partial charge on any atom is 0.287 e. The lowest BCUT2D eigenvalue weighted by Crippen LogP contribution is -2.38. The first-order chi connectivity index (χ1) is 9.34. The van der Waals surface area contributed by atoms with Crippen LogP contribution in [0, 0.1) is 6.92 Å². The van der Waals surface area contributed by atoms with Gasteiger partial charge in [0.2, 0.25) is 0 Å². The summed E-state index contributed by atoms with van der Waals surface area (Å²) in [5.41, 5.74) is 6.83. The van der Waals surface area contributed by atoms with E-state index in [0.29, 0.717) is 10.2 Å². The van der Waals surface area contributed by atoms with Crippen molar-refractivity contribution in [3.05, 3.63) is 22.7 Å². The first-order valence-electron chi connectivity index (χ1n) is 5.76. The third-order valence-corrected chi connectivity index (χ3v) is 3.79. The molecule has 0 aliphatic carbocycles. The largest absolute Gasteiger partial charge is 0.397 e. The number of aryl methyl sites for hydroxylation is 1. The first-order valence-corrected chi connectivity index (χ1v) is 6.58. The van der Waals surface area contributed by atoms with Gasteiger partial charge in [-0.05, 0) is 19.1 Å². The highest BCUT2D eigenvalue weighted by atomic mass is 32.1. The van der Waals surface area contributed by atoms with Crippen LogP contribution in [0.1, 0.15) is 15.4 Å². The van der Waals surface area contributed by atoms with Crippen LogP contribution in [0.15, 0.2) is 12.1 Å². The number of nitrogens with one attached hydrogen (secondary N) is 1. The molecular weight excluding hydrogens is 288 g/mol. The van der Waals surface area contributed by atoms with Crippen molar-refractivity contribution in [2.24, 2.45) is 0 Å². The SMILES string of the molecule is Cc1ccc2c(N)c(C(=O)NCC(F)(F)CO)sc2n1. The van der Waals surface area contributed by atoms with Crippen LogP contribution in [0.4, 0.5) is 14.5 Å². The van der Waals surface area contributed by atoms with Crippen LogP contribution in [0.3, 0.4) is 0 Å². The molecule has 5 nitrogen and oxygen atoms in total. The van der Waals surface area contributed by atoms with Gasteiger partial charge < -0.3 is 16.2 Å². The number of nitrogen functional groups attached to an aromatic ring is 1. The van der Waals surface area contributed by atoms with Crippen molar-refractivity contribution in [1.82, 2.24) is 10.3 Å². The maximum atomic E-state index is 12.9. The number of nitrogens with zero attached hydrogens (tertiary/aromatic N) is 1. The van der Waals surface area contributed by atoms with Gasteiger partial charge in [0.15, 0.2) is 0 Å². The molecule has 0 aromatic carbocycles. The van der Waals surface area contributed by atoms with Gasteiger partial charge in [0.05, 0.1) is 12.2 Å². The summed E-state index contributed by atoms with van der Waals surface area (Å²) < 4.78 is 25.8. The lowest BCUT2D eigenvalue weighted by Gasteiger charge is -2.13. The molecular formula is C12H13F2N3O2S. The minimum absolute atomic E-state index is 0.145. The van der Waals surface area contributed by atoms with Gasteiger partial charge in [-0.15, -0.1) is 11.3 Å². The number of carbonyl (C=O) groups is 1. The molecule has 2 aromatic rings. The second-order valence-electron chi connectivity index (χ2n) is 4.35. The molecule has 0 atom stereocenters. The van der Waals surface area contributed by atoms with Crippen molar-refractivity contribution in [1.29, 1.82) is 0 Å². The standard InChI is InChI=1S/C12H13F2N3O2S/c1-6-2-3-7-8(15)9(20-11(7)17-6)10(19)16-4-12(13,14)5-18/h2-3,18H,4-5,15H2,1H3,(H,16,19). The molecule has 0 unspecified atom stereocenters. The van der Waals surface area contributed by atoms with E-state index < -0.39 is 25.0 Å². The Labute approximate surface area is 117 Å². The molecule has 2 aromatic heterocycles. The van der Waals surface area contributed by atoms with E-state index in [1.165, 1.54) is 0 Å². The molecule has 0 radical (unpaired) electrons. The predicted molar refractivity (Wildman–Crippen MR) is 73.1 cm³/mol. The third-order valence-electron chi connectivity index (χ3n) is 2.68. The van der Waals surface area contributed by atoms with E-state index in [1.54, 1.807) is 19.1 Å². The normalized spacial score (nSPS) is 11.8. The fraction of sp³-hybridized carbons (Fsp3) is 0.333. The van der Waals surface area contributed by atoms with Crippen LogP contribution in [-0.2, 0) is 0 Å². The number of aliphatic hydroxyl groups excluding tert-OH is 1. The van der Waals surface area contributed by atoms with Crippen molar-refractivity contribution in [3.63, 3.8) is 0 Å². The number of nitrogens with two attached hydrogens (primary N) is 1. The topological polar surface area (TPSA) is 88.2 Å². The van der Waals surface area contributed by atoms with Crippen molar-refractivity contribution < 1.29 is 18.7 Å². The highest BCUT2D eigenvalue weighted by Gasteiger charge is 2.29. The minimum atomic E-state index is -3.35. The van der Waals surface area contributed by atoms with Crippen LogP contribution in [0.5, 0.6) is 0 Å². The number of halogens is 2. The molecule has 1 amide bonds. The zero-order valence-corrected chi connectivity index (χ0v) is 11.4. The zero-order valence-electron chi connectivity index (χ0n) is 10.6. The Morgan fingerprint density at radius 1 is 1.55 bits per heavy atom. The molecule has 0 aliphatic heterocycles. The van der Waals surface area contributed by atoms with E-state index >= 15 is 0 Å². The number of aliphatic hydroxyl groups is 1. The van der Waals surface area contributed by atoms with Crippen LogP contribution >= 0.6 is 11.3 Å². The molecule has 8 heteroatoms. The third kappa shape index (κ3) is 2.86. The second kappa shape index (κ2) is 5.29. The molecule has 2 heterocycles. The smallest absolute Gasteiger partial charge is 0.287 e. The van der Waals surface area contributed by atoms with Gasteiger partial charge in [0.25, 0.3) is 11.8 Å². The van der Waals surface area contributed by atoms with E-state index in [4.69, 9.17) is 10.8 Å². The number of aromatic nitrogens is 1. The Morgan fingerprint density at radius 3 is 2.90 bits per heavy atom. The average Bonchev–Trinajstić information content (AvgIpc) is 2.73. The summed E-state index contributed by atoms with van der Waals surface area (Å²) in [7, 11) is 0. The first kappa shape index (κ1) is 14.6. The molecule has 108 valence electrons. The number of carbonyl (C=O) groups excluding carboxylic acids is 1.